The molecule has 0 aliphatic carbocycles. The third kappa shape index (κ3) is 4.10. The number of rotatable bonds is 3. The number of thioether (sulfide) groups is 1. The highest BCUT2D eigenvalue weighted by Crippen LogP contribution is 2.40. The van der Waals surface area contributed by atoms with E-state index in [1.165, 1.54) is 30.3 Å². The van der Waals surface area contributed by atoms with Crippen LogP contribution in [0.4, 0.5) is 24.5 Å². The van der Waals surface area contributed by atoms with Crippen molar-refractivity contribution < 1.29 is 27.9 Å². The number of hydrogen-bond acceptors (Lipinski definition) is 4. The van der Waals surface area contributed by atoms with Crippen LogP contribution in [0.3, 0.4) is 0 Å². The summed E-state index contributed by atoms with van der Waals surface area (Å²) in [7, 11) is 0. The minimum Gasteiger partial charge on any atom is -0.508 e. The van der Waals surface area contributed by atoms with Crippen LogP contribution >= 0.6 is 11.8 Å². The third-order valence-corrected chi connectivity index (χ3v) is 4.92. The average molecular weight is 382 g/mol. The zero-order chi connectivity index (χ0) is 18.9. The minimum absolute atomic E-state index is 0.0556. The minimum atomic E-state index is -4.49. The monoisotopic (exact) mass is 382 g/mol. The molecule has 1 aliphatic heterocycles. The average Bonchev–Trinajstić information content (AvgIpc) is 2.56. The molecule has 26 heavy (non-hydrogen) atoms. The molecule has 2 aromatic rings. The highest BCUT2D eigenvalue weighted by Gasteiger charge is 2.34. The van der Waals surface area contributed by atoms with E-state index >= 15 is 0 Å². The first-order chi connectivity index (χ1) is 12.2. The Morgan fingerprint density at radius 2 is 1.88 bits per heavy atom. The lowest BCUT2D eigenvalue weighted by Crippen LogP contribution is -2.32. The molecule has 1 aliphatic rings. The number of carbonyl (C=O) groups is 2. The molecule has 0 aromatic heterocycles. The summed E-state index contributed by atoms with van der Waals surface area (Å²) in [6.45, 7) is 0. The third-order valence-electron chi connectivity index (χ3n) is 3.65. The topological polar surface area (TPSA) is 78.4 Å². The molecule has 0 fully saturated rings. The van der Waals surface area contributed by atoms with E-state index in [0.717, 1.165) is 23.9 Å². The second-order valence-electron chi connectivity index (χ2n) is 5.60. The number of nitrogens with one attached hydrogen (secondary N) is 2. The van der Waals surface area contributed by atoms with Gasteiger partial charge in [-0.2, -0.15) is 13.2 Å². The predicted molar refractivity (Wildman–Crippen MR) is 91.1 cm³/mol. The molecule has 0 saturated carbocycles. The molecule has 3 rings (SSSR count). The van der Waals surface area contributed by atoms with Crippen LogP contribution in [0.25, 0.3) is 0 Å². The number of phenols is 1. The molecule has 3 N–H and O–H groups in total. The van der Waals surface area contributed by atoms with E-state index in [0.29, 0.717) is 10.6 Å². The normalized spacial score (nSPS) is 16.6. The molecule has 0 spiro atoms. The van der Waals surface area contributed by atoms with Gasteiger partial charge in [0.1, 0.15) is 5.75 Å². The van der Waals surface area contributed by atoms with Gasteiger partial charge in [-0.1, -0.05) is 0 Å². The lowest BCUT2D eigenvalue weighted by Gasteiger charge is -2.24. The van der Waals surface area contributed by atoms with Crippen molar-refractivity contribution in [3.8, 4) is 5.75 Å². The zero-order valence-corrected chi connectivity index (χ0v) is 13.9. The summed E-state index contributed by atoms with van der Waals surface area (Å²) in [5.41, 5.74) is -0.296. The van der Waals surface area contributed by atoms with Gasteiger partial charge >= 0.3 is 6.18 Å². The largest absolute Gasteiger partial charge is 0.508 e. The molecule has 1 heterocycles. The fraction of sp³-hybridized carbons (Fsp3) is 0.176. The van der Waals surface area contributed by atoms with Gasteiger partial charge in [-0.05, 0) is 42.5 Å². The second-order valence-corrected chi connectivity index (χ2v) is 6.85. The Morgan fingerprint density at radius 3 is 2.54 bits per heavy atom. The van der Waals surface area contributed by atoms with E-state index in [9.17, 15) is 27.9 Å². The number of anilines is 2. The summed E-state index contributed by atoms with van der Waals surface area (Å²) in [5.74, 6) is -0.888. The highest BCUT2D eigenvalue weighted by molar-refractivity contribution is 8.01. The molecule has 0 unspecified atom stereocenters. The van der Waals surface area contributed by atoms with Crippen molar-refractivity contribution in [3.05, 3.63) is 48.0 Å². The number of alkyl halides is 3. The molecule has 2 aromatic carbocycles. The molecule has 9 heteroatoms. The SMILES string of the molecule is O=C(C[C@@H]1Sc2ccc(C(F)(F)F)cc2NC1=O)Nc1ccc(O)cc1. The first kappa shape index (κ1) is 18.1. The number of aromatic hydroxyl groups is 1. The maximum Gasteiger partial charge on any atom is 0.416 e. The van der Waals surface area contributed by atoms with Crippen LogP contribution < -0.4 is 10.6 Å². The summed E-state index contributed by atoms with van der Waals surface area (Å²) in [4.78, 5) is 24.7. The van der Waals surface area contributed by atoms with E-state index in [4.69, 9.17) is 0 Å². The standard InChI is InChI=1S/C17H13F3N2O3S/c18-17(19,20)9-1-6-13-12(7-9)22-16(25)14(26-13)8-15(24)21-10-2-4-11(23)5-3-10/h1-7,14,23H,8H2,(H,21,24)(H,22,25)/t14-/m0/s1. The number of hydrogen-bond donors (Lipinski definition) is 3. The van der Waals surface area contributed by atoms with Gasteiger partial charge in [-0.25, -0.2) is 0 Å². The highest BCUT2D eigenvalue weighted by atomic mass is 32.2. The molecule has 136 valence electrons. The van der Waals surface area contributed by atoms with E-state index < -0.39 is 28.8 Å². The van der Waals surface area contributed by atoms with E-state index in [2.05, 4.69) is 10.6 Å². The molecular weight excluding hydrogens is 369 g/mol. The first-order valence-electron chi connectivity index (χ1n) is 7.50. The van der Waals surface area contributed by atoms with E-state index in [1.807, 2.05) is 0 Å². The molecule has 0 radical (unpaired) electrons. The van der Waals surface area contributed by atoms with Gasteiger partial charge in [0.15, 0.2) is 0 Å². The fourth-order valence-electron chi connectivity index (χ4n) is 2.39. The zero-order valence-electron chi connectivity index (χ0n) is 13.1. The molecule has 0 saturated heterocycles. The van der Waals surface area contributed by atoms with Crippen molar-refractivity contribution in [2.45, 2.75) is 22.7 Å². The molecule has 0 bridgehead atoms. The Labute approximate surface area is 150 Å². The van der Waals surface area contributed by atoms with Crippen molar-refractivity contribution in [1.29, 1.82) is 0 Å². The Morgan fingerprint density at radius 1 is 1.19 bits per heavy atom. The van der Waals surface area contributed by atoms with Crippen LogP contribution in [0.2, 0.25) is 0 Å². The van der Waals surface area contributed by atoms with Crippen molar-refractivity contribution in [1.82, 2.24) is 0 Å². The summed E-state index contributed by atoms with van der Waals surface area (Å²) >= 11 is 1.05. The lowest BCUT2D eigenvalue weighted by molar-refractivity contribution is -0.137. The molecule has 2 amide bonds. The van der Waals surface area contributed by atoms with E-state index in [1.54, 1.807) is 0 Å². The summed E-state index contributed by atoms with van der Waals surface area (Å²) < 4.78 is 38.2. The van der Waals surface area contributed by atoms with Crippen LogP contribution in [0.1, 0.15) is 12.0 Å². The number of carbonyl (C=O) groups excluding carboxylic acids is 2. The van der Waals surface area contributed by atoms with Gasteiger partial charge in [0.2, 0.25) is 11.8 Å². The fourth-order valence-corrected chi connectivity index (χ4v) is 3.48. The first-order valence-corrected chi connectivity index (χ1v) is 8.38. The van der Waals surface area contributed by atoms with Gasteiger partial charge < -0.3 is 15.7 Å². The quantitative estimate of drug-likeness (QED) is 0.705. The number of amides is 2. The van der Waals surface area contributed by atoms with Gasteiger partial charge in [0.25, 0.3) is 0 Å². The summed E-state index contributed by atoms with van der Waals surface area (Å²) in [5, 5.41) is 13.5. The van der Waals surface area contributed by atoms with Crippen LogP contribution in [-0.4, -0.2) is 22.2 Å². The number of phenolic OH excluding ortho intramolecular Hbond substituents is 1. The van der Waals surface area contributed by atoms with Crippen LogP contribution in [-0.2, 0) is 15.8 Å². The maximum atomic E-state index is 12.7. The lowest BCUT2D eigenvalue weighted by atomic mass is 10.1. The Bertz CT molecular complexity index is 853. The van der Waals surface area contributed by atoms with Gasteiger partial charge in [0, 0.05) is 17.0 Å². The van der Waals surface area contributed by atoms with Crippen molar-refractivity contribution in [2.75, 3.05) is 10.6 Å². The van der Waals surface area contributed by atoms with Crippen LogP contribution in [0.5, 0.6) is 5.75 Å². The van der Waals surface area contributed by atoms with Gasteiger partial charge in [0.05, 0.1) is 16.5 Å². The molecule has 5 nitrogen and oxygen atoms in total. The number of fused-ring (bicyclic) bond motifs is 1. The molecule has 1 atom stereocenters. The van der Waals surface area contributed by atoms with Crippen LogP contribution in [0, 0.1) is 0 Å². The number of benzene rings is 2. The summed E-state index contributed by atoms with van der Waals surface area (Å²) in [6, 6.07) is 8.94. The van der Waals surface area contributed by atoms with Gasteiger partial charge in [-0.3, -0.25) is 9.59 Å². The maximum absolute atomic E-state index is 12.7. The van der Waals surface area contributed by atoms with Crippen molar-refractivity contribution >= 4 is 35.0 Å². The van der Waals surface area contributed by atoms with Crippen molar-refractivity contribution in [2.24, 2.45) is 0 Å². The van der Waals surface area contributed by atoms with Crippen LogP contribution in [0.15, 0.2) is 47.4 Å². The summed E-state index contributed by atoms with van der Waals surface area (Å²) in [6.07, 6.45) is -4.64. The van der Waals surface area contributed by atoms with E-state index in [-0.39, 0.29) is 17.9 Å². The van der Waals surface area contributed by atoms with Crippen molar-refractivity contribution in [3.63, 3.8) is 0 Å². The smallest absolute Gasteiger partial charge is 0.416 e. The number of halogens is 3. The predicted octanol–water partition coefficient (Wildman–Crippen LogP) is 3.85. The molecular formula is C17H13F3N2O3S. The Kier molecular flexibility index (Phi) is 4.82. The Hall–Kier alpha value is -2.68. The second kappa shape index (κ2) is 6.91. The Balaban J connectivity index is 1.68. The van der Waals surface area contributed by atoms with Gasteiger partial charge in [-0.15, -0.1) is 11.8 Å².